The average Bonchev–Trinajstić information content (AvgIpc) is 3.65. The summed E-state index contributed by atoms with van der Waals surface area (Å²) in [7, 11) is 0. The number of fused-ring (bicyclic) bond motifs is 9. The standard InChI is InChI=1S/C52H32N2S/c1-3-13-33(14-4-1)37-27-38(35-24-26-51-47(30-35)45-21-11-12-22-50(45)55-51)29-39(28-37)49-32-48(53-52(54-49)34-15-5-2-6-16-34)36-23-25-44-42-19-8-7-17-40(42)41-18-9-10-20-43(41)46(44)31-36/h1-32H. The van der Waals surface area contributed by atoms with Gasteiger partial charge in [0.15, 0.2) is 5.82 Å². The summed E-state index contributed by atoms with van der Waals surface area (Å²) in [5.41, 5.74) is 9.51. The maximum atomic E-state index is 5.30. The molecule has 0 radical (unpaired) electrons. The fourth-order valence-corrected chi connectivity index (χ4v) is 9.26. The van der Waals surface area contributed by atoms with Crippen LogP contribution in [0.15, 0.2) is 194 Å². The van der Waals surface area contributed by atoms with Gasteiger partial charge in [0, 0.05) is 36.9 Å². The summed E-state index contributed by atoms with van der Waals surface area (Å²) in [4.78, 5) is 10.6. The predicted octanol–water partition coefficient (Wildman–Crippen LogP) is 14.6. The predicted molar refractivity (Wildman–Crippen MR) is 235 cm³/mol. The lowest BCUT2D eigenvalue weighted by Crippen LogP contribution is -1.97. The Hall–Kier alpha value is -6.94. The molecule has 0 spiro atoms. The minimum absolute atomic E-state index is 0.703. The molecule has 0 atom stereocenters. The van der Waals surface area contributed by atoms with Gasteiger partial charge in [0.2, 0.25) is 0 Å². The number of aromatic nitrogens is 2. The van der Waals surface area contributed by atoms with Crippen LogP contribution in [0, 0.1) is 0 Å². The summed E-state index contributed by atoms with van der Waals surface area (Å²) in [5, 5.41) is 10.1. The van der Waals surface area contributed by atoms with E-state index in [1.807, 2.05) is 17.4 Å². The first-order valence-corrected chi connectivity index (χ1v) is 19.5. The first kappa shape index (κ1) is 31.6. The molecule has 0 saturated carbocycles. The highest BCUT2D eigenvalue weighted by Gasteiger charge is 2.16. The summed E-state index contributed by atoms with van der Waals surface area (Å²) in [5.74, 6) is 0.703. The van der Waals surface area contributed by atoms with Crippen molar-refractivity contribution < 1.29 is 0 Å². The average molecular weight is 717 g/mol. The number of nitrogens with zero attached hydrogens (tertiary/aromatic N) is 2. The minimum atomic E-state index is 0.703. The first-order valence-electron chi connectivity index (χ1n) is 18.6. The van der Waals surface area contributed by atoms with Crippen molar-refractivity contribution in [2.45, 2.75) is 0 Å². The quantitative estimate of drug-likeness (QED) is 0.166. The Morgan fingerprint density at radius 3 is 1.42 bits per heavy atom. The van der Waals surface area contributed by atoms with Gasteiger partial charge in [-0.05, 0) is 103 Å². The molecule has 0 aliphatic rings. The first-order chi connectivity index (χ1) is 27.2. The van der Waals surface area contributed by atoms with E-state index in [1.165, 1.54) is 63.6 Å². The van der Waals surface area contributed by atoms with Gasteiger partial charge in [-0.25, -0.2) is 9.97 Å². The van der Waals surface area contributed by atoms with Gasteiger partial charge in [-0.15, -0.1) is 11.3 Å². The summed E-state index contributed by atoms with van der Waals surface area (Å²) in [6.07, 6.45) is 0. The van der Waals surface area contributed by atoms with Gasteiger partial charge in [-0.3, -0.25) is 0 Å². The van der Waals surface area contributed by atoms with Crippen molar-refractivity contribution in [3.63, 3.8) is 0 Å². The van der Waals surface area contributed by atoms with Gasteiger partial charge in [0.25, 0.3) is 0 Å². The molecule has 3 heteroatoms. The molecule has 0 amide bonds. The number of hydrogen-bond acceptors (Lipinski definition) is 3. The normalized spacial score (nSPS) is 11.6. The smallest absolute Gasteiger partial charge is 0.160 e. The van der Waals surface area contributed by atoms with E-state index in [-0.39, 0.29) is 0 Å². The van der Waals surface area contributed by atoms with E-state index in [4.69, 9.17) is 9.97 Å². The lowest BCUT2D eigenvalue weighted by atomic mass is 9.92. The van der Waals surface area contributed by atoms with Crippen LogP contribution in [0.4, 0.5) is 0 Å². The molecule has 55 heavy (non-hydrogen) atoms. The van der Waals surface area contributed by atoms with Gasteiger partial charge in [0.05, 0.1) is 11.4 Å². The van der Waals surface area contributed by atoms with E-state index in [0.29, 0.717) is 5.82 Å². The molecule has 0 fully saturated rings. The van der Waals surface area contributed by atoms with Crippen LogP contribution in [0.2, 0.25) is 0 Å². The van der Waals surface area contributed by atoms with Crippen molar-refractivity contribution in [1.82, 2.24) is 9.97 Å². The van der Waals surface area contributed by atoms with Crippen molar-refractivity contribution in [3.05, 3.63) is 194 Å². The molecule has 2 heterocycles. The number of benzene rings is 9. The highest BCUT2D eigenvalue weighted by atomic mass is 32.1. The molecule has 2 aromatic heterocycles. The van der Waals surface area contributed by atoms with E-state index in [9.17, 15) is 0 Å². The molecular formula is C52H32N2S. The molecular weight excluding hydrogens is 685 g/mol. The number of hydrogen-bond donors (Lipinski definition) is 0. The van der Waals surface area contributed by atoms with E-state index in [2.05, 4.69) is 188 Å². The Bertz CT molecular complexity index is 3220. The zero-order valence-corrected chi connectivity index (χ0v) is 30.6. The monoisotopic (exact) mass is 716 g/mol. The van der Waals surface area contributed by atoms with Gasteiger partial charge < -0.3 is 0 Å². The van der Waals surface area contributed by atoms with Gasteiger partial charge in [0.1, 0.15) is 0 Å². The van der Waals surface area contributed by atoms with Crippen molar-refractivity contribution in [2.24, 2.45) is 0 Å². The molecule has 256 valence electrons. The van der Waals surface area contributed by atoms with Crippen LogP contribution in [0.25, 0.3) is 109 Å². The molecule has 11 rings (SSSR count). The van der Waals surface area contributed by atoms with Crippen LogP contribution >= 0.6 is 11.3 Å². The van der Waals surface area contributed by atoms with Crippen molar-refractivity contribution >= 4 is 63.8 Å². The third-order valence-corrected chi connectivity index (χ3v) is 12.0. The second kappa shape index (κ2) is 12.9. The lowest BCUT2D eigenvalue weighted by Gasteiger charge is -2.14. The van der Waals surface area contributed by atoms with Crippen LogP contribution in [-0.2, 0) is 0 Å². The van der Waals surface area contributed by atoms with Crippen LogP contribution in [0.5, 0.6) is 0 Å². The van der Waals surface area contributed by atoms with Crippen LogP contribution in [0.1, 0.15) is 0 Å². The lowest BCUT2D eigenvalue weighted by molar-refractivity contribution is 1.18. The minimum Gasteiger partial charge on any atom is -0.228 e. The van der Waals surface area contributed by atoms with E-state index in [1.54, 1.807) is 0 Å². The van der Waals surface area contributed by atoms with E-state index in [0.717, 1.165) is 39.2 Å². The van der Waals surface area contributed by atoms with Crippen molar-refractivity contribution in [3.8, 4) is 56.2 Å². The molecule has 0 saturated heterocycles. The SMILES string of the molecule is c1ccc(-c2cc(-c3ccc4sc5ccccc5c4c3)cc(-c3cc(-c4ccc5c6ccccc6c6ccccc6c5c4)nc(-c4ccccc4)n3)c2)cc1. The highest BCUT2D eigenvalue weighted by Crippen LogP contribution is 2.40. The number of thiophene rings is 1. The summed E-state index contributed by atoms with van der Waals surface area (Å²) in [6, 6.07) is 69.9. The van der Waals surface area contributed by atoms with Crippen LogP contribution in [-0.4, -0.2) is 9.97 Å². The van der Waals surface area contributed by atoms with Gasteiger partial charge in [-0.2, -0.15) is 0 Å². The maximum Gasteiger partial charge on any atom is 0.160 e. The zero-order valence-electron chi connectivity index (χ0n) is 29.8. The Morgan fingerprint density at radius 1 is 0.255 bits per heavy atom. The molecule has 0 bridgehead atoms. The zero-order chi connectivity index (χ0) is 36.3. The Labute approximate surface area is 322 Å². The molecule has 0 aliphatic heterocycles. The van der Waals surface area contributed by atoms with Crippen molar-refractivity contribution in [2.75, 3.05) is 0 Å². The second-order valence-electron chi connectivity index (χ2n) is 14.2. The van der Waals surface area contributed by atoms with Crippen LogP contribution < -0.4 is 0 Å². The summed E-state index contributed by atoms with van der Waals surface area (Å²) in [6.45, 7) is 0. The summed E-state index contributed by atoms with van der Waals surface area (Å²) >= 11 is 1.85. The van der Waals surface area contributed by atoms with Gasteiger partial charge >= 0.3 is 0 Å². The topological polar surface area (TPSA) is 25.8 Å². The fourth-order valence-electron chi connectivity index (χ4n) is 8.17. The van der Waals surface area contributed by atoms with Crippen molar-refractivity contribution in [1.29, 1.82) is 0 Å². The summed E-state index contributed by atoms with van der Waals surface area (Å²) < 4.78 is 2.61. The maximum absolute atomic E-state index is 5.30. The third kappa shape index (κ3) is 5.48. The molecule has 0 aliphatic carbocycles. The van der Waals surface area contributed by atoms with E-state index >= 15 is 0 Å². The molecule has 9 aromatic carbocycles. The molecule has 0 unspecified atom stereocenters. The number of rotatable bonds is 5. The largest absolute Gasteiger partial charge is 0.228 e. The Kier molecular flexibility index (Phi) is 7.39. The van der Waals surface area contributed by atoms with E-state index < -0.39 is 0 Å². The third-order valence-electron chi connectivity index (χ3n) is 10.8. The van der Waals surface area contributed by atoms with Gasteiger partial charge in [-0.1, -0.05) is 146 Å². The Balaban J connectivity index is 1.14. The highest BCUT2D eigenvalue weighted by molar-refractivity contribution is 7.25. The molecule has 2 nitrogen and oxygen atoms in total. The second-order valence-corrected chi connectivity index (χ2v) is 15.2. The fraction of sp³-hybridized carbons (Fsp3) is 0. The van der Waals surface area contributed by atoms with Crippen LogP contribution in [0.3, 0.4) is 0 Å². The molecule has 11 aromatic rings. The molecule has 0 N–H and O–H groups in total. The Morgan fingerprint density at radius 2 is 0.727 bits per heavy atom.